The molecule has 3 rings (SSSR count). The third-order valence-corrected chi connectivity index (χ3v) is 6.63. The molecule has 0 saturated carbocycles. The van der Waals surface area contributed by atoms with E-state index in [2.05, 4.69) is 46.7 Å². The Labute approximate surface area is 179 Å². The molecule has 0 radical (unpaired) electrons. The van der Waals surface area contributed by atoms with Gasteiger partial charge in [0, 0.05) is 37.6 Å². The first-order chi connectivity index (χ1) is 13.8. The third kappa shape index (κ3) is 5.39. The number of sulfonamides is 1. The van der Waals surface area contributed by atoms with E-state index >= 15 is 0 Å². The van der Waals surface area contributed by atoms with Gasteiger partial charge in [-0.05, 0) is 61.8 Å². The zero-order valence-corrected chi connectivity index (χ0v) is 18.7. The van der Waals surface area contributed by atoms with Crippen LogP contribution in [0, 0.1) is 0 Å². The lowest BCUT2D eigenvalue weighted by Gasteiger charge is -2.25. The maximum absolute atomic E-state index is 11.7. The summed E-state index contributed by atoms with van der Waals surface area (Å²) in [5, 5.41) is 6.89. The number of anilines is 3. The van der Waals surface area contributed by atoms with Crippen LogP contribution in [0.5, 0.6) is 0 Å². The second-order valence-corrected chi connectivity index (χ2v) is 9.81. The Kier molecular flexibility index (Phi) is 6.64. The van der Waals surface area contributed by atoms with E-state index in [1.807, 2.05) is 6.07 Å². The van der Waals surface area contributed by atoms with Gasteiger partial charge in [0.15, 0.2) is 5.11 Å². The van der Waals surface area contributed by atoms with Crippen molar-refractivity contribution in [2.45, 2.75) is 25.8 Å². The maximum atomic E-state index is 11.7. The molecular weight excluding hydrogens is 404 g/mol. The second-order valence-electron chi connectivity index (χ2n) is 7.39. The molecule has 2 aromatic carbocycles. The molecule has 156 valence electrons. The summed E-state index contributed by atoms with van der Waals surface area (Å²) in [6.07, 6.45) is 3.25. The predicted molar refractivity (Wildman–Crippen MR) is 125 cm³/mol. The number of rotatable bonds is 7. The quantitative estimate of drug-likeness (QED) is 0.517. The Bertz CT molecular complexity index is 978. The largest absolute Gasteiger partial charge is 0.368 e. The van der Waals surface area contributed by atoms with Crippen molar-refractivity contribution in [3.8, 4) is 0 Å². The molecule has 0 aliphatic carbocycles. The van der Waals surface area contributed by atoms with E-state index in [0.717, 1.165) is 31.6 Å². The molecule has 6 nitrogen and oxygen atoms in total. The zero-order valence-electron chi connectivity index (χ0n) is 17.1. The number of fused-ring (bicyclic) bond motifs is 1. The maximum Gasteiger partial charge on any atom is 0.231 e. The summed E-state index contributed by atoms with van der Waals surface area (Å²) in [5.41, 5.74) is 4.09. The van der Waals surface area contributed by atoms with Crippen molar-refractivity contribution in [2.75, 3.05) is 40.9 Å². The Hall–Kier alpha value is -2.32. The lowest BCUT2D eigenvalue weighted by molar-refractivity contribution is 0.600. The van der Waals surface area contributed by atoms with E-state index in [4.69, 9.17) is 12.2 Å². The zero-order chi connectivity index (χ0) is 21.0. The van der Waals surface area contributed by atoms with E-state index in [9.17, 15) is 8.42 Å². The van der Waals surface area contributed by atoms with E-state index in [-0.39, 0.29) is 0 Å². The van der Waals surface area contributed by atoms with Crippen molar-refractivity contribution in [2.24, 2.45) is 0 Å². The van der Waals surface area contributed by atoms with Gasteiger partial charge in [0.05, 0.1) is 11.9 Å². The van der Waals surface area contributed by atoms with Crippen LogP contribution in [0.3, 0.4) is 0 Å². The minimum Gasteiger partial charge on any atom is -0.368 e. The molecule has 0 aromatic heterocycles. The highest BCUT2D eigenvalue weighted by Gasteiger charge is 2.24. The smallest absolute Gasteiger partial charge is 0.231 e. The summed E-state index contributed by atoms with van der Waals surface area (Å²) in [6, 6.07) is 16.3. The predicted octanol–water partition coefficient (Wildman–Crippen LogP) is 3.21. The Morgan fingerprint density at radius 1 is 1.24 bits per heavy atom. The van der Waals surface area contributed by atoms with E-state index in [1.165, 1.54) is 28.9 Å². The highest BCUT2D eigenvalue weighted by atomic mass is 32.2. The lowest BCUT2D eigenvalue weighted by atomic mass is 10.1. The molecule has 1 atom stereocenters. The molecule has 0 unspecified atom stereocenters. The molecule has 8 heteroatoms. The molecule has 1 aliphatic rings. The number of benzene rings is 2. The second kappa shape index (κ2) is 9.00. The van der Waals surface area contributed by atoms with Crippen molar-refractivity contribution < 1.29 is 8.42 Å². The average Bonchev–Trinajstić information content (AvgIpc) is 2.99. The van der Waals surface area contributed by atoms with Crippen molar-refractivity contribution in [1.82, 2.24) is 5.32 Å². The average molecular weight is 433 g/mol. The third-order valence-electron chi connectivity index (χ3n) is 5.17. The van der Waals surface area contributed by atoms with Crippen LogP contribution in [0.2, 0.25) is 0 Å². The van der Waals surface area contributed by atoms with Gasteiger partial charge in [-0.2, -0.15) is 0 Å². The number of hydrogen-bond donors (Lipinski definition) is 2. The number of para-hydroxylation sites is 1. The van der Waals surface area contributed by atoms with Crippen LogP contribution in [-0.4, -0.2) is 46.0 Å². The van der Waals surface area contributed by atoms with E-state index < -0.39 is 10.0 Å². The summed E-state index contributed by atoms with van der Waals surface area (Å²) in [6.45, 7) is 4.00. The SMILES string of the molecule is C[C@@H]1Cc2ccccc2N1CCCNC(=S)Nc1cccc(N(C)S(C)(=O)=O)c1. The number of nitrogens with one attached hydrogen (secondary N) is 2. The first-order valence-corrected chi connectivity index (χ1v) is 11.9. The lowest BCUT2D eigenvalue weighted by Crippen LogP contribution is -2.34. The Balaban J connectivity index is 1.48. The standard InChI is InChI=1S/C21H28N4O2S2/c1-16-14-17-8-4-5-11-20(17)25(16)13-7-12-22-21(28)23-18-9-6-10-19(15-18)24(2)29(3,26)27/h4-6,8-11,15-16H,7,12-14H2,1-3H3,(H2,22,23,28)/t16-/m1/s1. The fourth-order valence-corrected chi connectivity index (χ4v) is 4.28. The van der Waals surface area contributed by atoms with Crippen molar-refractivity contribution in [3.63, 3.8) is 0 Å². The first-order valence-electron chi connectivity index (χ1n) is 9.69. The Morgan fingerprint density at radius 2 is 2.00 bits per heavy atom. The summed E-state index contributed by atoms with van der Waals surface area (Å²) in [7, 11) is -1.77. The van der Waals surface area contributed by atoms with Crippen molar-refractivity contribution >= 4 is 44.4 Å². The van der Waals surface area contributed by atoms with Gasteiger partial charge in [0.25, 0.3) is 0 Å². The van der Waals surface area contributed by atoms with Crippen LogP contribution in [0.4, 0.5) is 17.1 Å². The summed E-state index contributed by atoms with van der Waals surface area (Å²) in [5.74, 6) is 0. The molecule has 0 bridgehead atoms. The molecule has 0 spiro atoms. The van der Waals surface area contributed by atoms with E-state index in [1.54, 1.807) is 18.2 Å². The Morgan fingerprint density at radius 3 is 2.76 bits per heavy atom. The highest BCUT2D eigenvalue weighted by Crippen LogP contribution is 2.31. The fourth-order valence-electron chi connectivity index (χ4n) is 3.57. The molecule has 0 saturated heterocycles. The van der Waals surface area contributed by atoms with Crippen LogP contribution in [0.1, 0.15) is 18.9 Å². The van der Waals surface area contributed by atoms with Crippen molar-refractivity contribution in [1.29, 1.82) is 0 Å². The van der Waals surface area contributed by atoms with Gasteiger partial charge in [-0.25, -0.2) is 8.42 Å². The van der Waals surface area contributed by atoms with Crippen LogP contribution in [0.25, 0.3) is 0 Å². The molecule has 29 heavy (non-hydrogen) atoms. The number of hydrogen-bond acceptors (Lipinski definition) is 4. The summed E-state index contributed by atoms with van der Waals surface area (Å²) in [4.78, 5) is 2.46. The van der Waals surface area contributed by atoms with Gasteiger partial charge < -0.3 is 15.5 Å². The van der Waals surface area contributed by atoms with Crippen LogP contribution >= 0.6 is 12.2 Å². The van der Waals surface area contributed by atoms with Gasteiger partial charge >= 0.3 is 0 Å². The number of thiocarbonyl (C=S) groups is 1. The van der Waals surface area contributed by atoms with E-state index in [0.29, 0.717) is 16.8 Å². The molecule has 0 fully saturated rings. The van der Waals surface area contributed by atoms with Gasteiger partial charge in [-0.1, -0.05) is 24.3 Å². The minimum atomic E-state index is -3.30. The number of nitrogens with zero attached hydrogens (tertiary/aromatic N) is 2. The van der Waals surface area contributed by atoms with Gasteiger partial charge in [-0.3, -0.25) is 4.31 Å². The van der Waals surface area contributed by atoms with Gasteiger partial charge in [-0.15, -0.1) is 0 Å². The summed E-state index contributed by atoms with van der Waals surface area (Å²) >= 11 is 5.39. The molecular formula is C21H28N4O2S2. The van der Waals surface area contributed by atoms with Crippen molar-refractivity contribution in [3.05, 3.63) is 54.1 Å². The molecule has 2 N–H and O–H groups in total. The van der Waals surface area contributed by atoms with Crippen LogP contribution in [0.15, 0.2) is 48.5 Å². The first kappa shape index (κ1) is 21.4. The van der Waals surface area contributed by atoms with Crippen LogP contribution < -0.4 is 19.8 Å². The minimum absolute atomic E-state index is 0.520. The van der Waals surface area contributed by atoms with Gasteiger partial charge in [0.2, 0.25) is 10.0 Å². The molecule has 2 aromatic rings. The molecule has 0 amide bonds. The molecule has 1 aliphatic heterocycles. The fraction of sp³-hybridized carbons (Fsp3) is 0.381. The van der Waals surface area contributed by atoms with Gasteiger partial charge in [0.1, 0.15) is 0 Å². The normalized spacial score (nSPS) is 15.7. The summed E-state index contributed by atoms with van der Waals surface area (Å²) < 4.78 is 24.7. The highest BCUT2D eigenvalue weighted by molar-refractivity contribution is 7.92. The topological polar surface area (TPSA) is 64.7 Å². The molecule has 1 heterocycles. The monoisotopic (exact) mass is 432 g/mol. The van der Waals surface area contributed by atoms with Crippen LogP contribution in [-0.2, 0) is 16.4 Å².